The third kappa shape index (κ3) is 2.17. The minimum absolute atomic E-state index is 0.477. The summed E-state index contributed by atoms with van der Waals surface area (Å²) >= 11 is 0. The summed E-state index contributed by atoms with van der Waals surface area (Å²) in [7, 11) is 0. The van der Waals surface area contributed by atoms with Gasteiger partial charge in [-0.15, -0.1) is 0 Å². The van der Waals surface area contributed by atoms with Crippen molar-refractivity contribution in [3.63, 3.8) is 0 Å². The van der Waals surface area contributed by atoms with E-state index in [0.717, 1.165) is 45.2 Å². The largest absolute Gasteiger partial charge is 0.388 e. The molecule has 1 saturated heterocycles. The Hall–Kier alpha value is -0.590. The molecular weight excluding hydrogens is 224 g/mol. The van der Waals surface area contributed by atoms with Gasteiger partial charge in [-0.25, -0.2) is 0 Å². The first-order valence-electron chi connectivity index (χ1n) is 7.30. The van der Waals surface area contributed by atoms with E-state index in [1.807, 2.05) is 0 Å². The van der Waals surface area contributed by atoms with Crippen LogP contribution in [0.2, 0.25) is 0 Å². The Morgan fingerprint density at radius 2 is 1.89 bits per heavy atom. The average molecular weight is 250 g/mol. The normalized spacial score (nSPS) is 36.8. The lowest BCUT2D eigenvalue weighted by atomic mass is 9.66. The molecule has 0 radical (unpaired) electrons. The van der Waals surface area contributed by atoms with Crippen LogP contribution in [0.5, 0.6) is 0 Å². The zero-order valence-electron chi connectivity index (χ0n) is 11.9. The van der Waals surface area contributed by atoms with Gasteiger partial charge in [0.2, 0.25) is 0 Å². The first-order valence-corrected chi connectivity index (χ1v) is 7.30. The highest BCUT2D eigenvalue weighted by molar-refractivity contribution is 5.15. The van der Waals surface area contributed by atoms with Crippen LogP contribution < -0.4 is 0 Å². The van der Waals surface area contributed by atoms with Gasteiger partial charge in [0.1, 0.15) is 0 Å². The van der Waals surface area contributed by atoms with Crippen molar-refractivity contribution in [3.05, 3.63) is 0 Å². The summed E-state index contributed by atoms with van der Waals surface area (Å²) in [6.07, 6.45) is 4.35. The number of piperidine rings is 1. The van der Waals surface area contributed by atoms with Crippen molar-refractivity contribution in [2.45, 2.75) is 64.5 Å². The van der Waals surface area contributed by atoms with E-state index in [0.29, 0.717) is 12.0 Å². The van der Waals surface area contributed by atoms with Crippen LogP contribution in [0, 0.1) is 22.7 Å². The van der Waals surface area contributed by atoms with Gasteiger partial charge < -0.3 is 10.0 Å². The van der Waals surface area contributed by atoms with Crippen molar-refractivity contribution >= 4 is 0 Å². The Morgan fingerprint density at radius 1 is 1.28 bits per heavy atom. The molecule has 18 heavy (non-hydrogen) atoms. The van der Waals surface area contributed by atoms with Crippen molar-refractivity contribution in [2.24, 2.45) is 11.3 Å². The second kappa shape index (κ2) is 4.83. The summed E-state index contributed by atoms with van der Waals surface area (Å²) in [5.74, 6) is 0.580. The van der Waals surface area contributed by atoms with E-state index in [1.165, 1.54) is 0 Å². The molecule has 2 atom stereocenters. The fourth-order valence-corrected chi connectivity index (χ4v) is 3.81. The Morgan fingerprint density at radius 3 is 2.28 bits per heavy atom. The first kappa shape index (κ1) is 13.8. The van der Waals surface area contributed by atoms with Gasteiger partial charge in [0.15, 0.2) is 0 Å². The standard InChI is InChI=1S/C15H26N2O/c1-12(2)17-8-6-15(18,7-9-17)14(11-16)5-4-13(3)10-14/h12-13,18H,4-10H2,1-3H3. The van der Waals surface area contributed by atoms with Crippen LogP contribution in [-0.2, 0) is 0 Å². The van der Waals surface area contributed by atoms with Crippen LogP contribution in [0.3, 0.4) is 0 Å². The maximum absolute atomic E-state index is 11.0. The molecule has 2 unspecified atom stereocenters. The molecule has 2 fully saturated rings. The van der Waals surface area contributed by atoms with Crippen LogP contribution in [0.15, 0.2) is 0 Å². The number of hydrogen-bond acceptors (Lipinski definition) is 3. The Balaban J connectivity index is 2.11. The quantitative estimate of drug-likeness (QED) is 0.819. The Labute approximate surface area is 111 Å². The number of aliphatic hydroxyl groups is 1. The zero-order chi connectivity index (χ0) is 13.4. The molecule has 1 saturated carbocycles. The van der Waals surface area contributed by atoms with Crippen molar-refractivity contribution < 1.29 is 5.11 Å². The lowest BCUT2D eigenvalue weighted by Crippen LogP contribution is -2.54. The molecule has 0 spiro atoms. The van der Waals surface area contributed by atoms with Gasteiger partial charge in [0, 0.05) is 19.1 Å². The van der Waals surface area contributed by atoms with Crippen LogP contribution in [0.25, 0.3) is 0 Å². The van der Waals surface area contributed by atoms with Gasteiger partial charge >= 0.3 is 0 Å². The molecule has 0 amide bonds. The molecule has 0 aromatic rings. The third-order valence-corrected chi connectivity index (χ3v) is 5.22. The fourth-order valence-electron chi connectivity index (χ4n) is 3.81. The van der Waals surface area contributed by atoms with Crippen molar-refractivity contribution in [3.8, 4) is 6.07 Å². The zero-order valence-corrected chi connectivity index (χ0v) is 11.9. The summed E-state index contributed by atoms with van der Waals surface area (Å²) in [5, 5.41) is 20.6. The molecule has 0 bridgehead atoms. The highest BCUT2D eigenvalue weighted by Crippen LogP contribution is 2.52. The van der Waals surface area contributed by atoms with Crippen molar-refractivity contribution in [2.75, 3.05) is 13.1 Å². The average Bonchev–Trinajstić information content (AvgIpc) is 2.73. The predicted octanol–water partition coefficient (Wildman–Crippen LogP) is 2.55. The maximum Gasteiger partial charge on any atom is 0.0863 e. The van der Waals surface area contributed by atoms with Gasteiger partial charge in [-0.3, -0.25) is 0 Å². The van der Waals surface area contributed by atoms with E-state index in [-0.39, 0.29) is 0 Å². The molecule has 1 aliphatic carbocycles. The summed E-state index contributed by atoms with van der Waals surface area (Å²) in [6.45, 7) is 8.44. The molecule has 102 valence electrons. The van der Waals surface area contributed by atoms with Crippen LogP contribution >= 0.6 is 0 Å². The van der Waals surface area contributed by atoms with E-state index in [9.17, 15) is 10.4 Å². The van der Waals surface area contributed by atoms with E-state index < -0.39 is 11.0 Å². The molecule has 1 heterocycles. The molecule has 0 aromatic heterocycles. The monoisotopic (exact) mass is 250 g/mol. The van der Waals surface area contributed by atoms with Gasteiger partial charge in [-0.1, -0.05) is 6.92 Å². The number of likely N-dealkylation sites (tertiary alicyclic amines) is 1. The van der Waals surface area contributed by atoms with Gasteiger partial charge in [-0.05, 0) is 51.9 Å². The van der Waals surface area contributed by atoms with E-state index in [1.54, 1.807) is 0 Å². The maximum atomic E-state index is 11.0. The summed E-state index contributed by atoms with van der Waals surface area (Å²) < 4.78 is 0. The van der Waals surface area contributed by atoms with Crippen LogP contribution in [-0.4, -0.2) is 34.7 Å². The lowest BCUT2D eigenvalue weighted by molar-refractivity contribution is -0.0994. The number of nitriles is 1. The SMILES string of the molecule is CC1CCC(C#N)(C2(O)CCN(C(C)C)CC2)C1. The number of nitrogens with zero attached hydrogens (tertiary/aromatic N) is 2. The third-order valence-electron chi connectivity index (χ3n) is 5.22. The summed E-state index contributed by atoms with van der Waals surface area (Å²) in [5.41, 5.74) is -1.23. The van der Waals surface area contributed by atoms with Gasteiger partial charge in [-0.2, -0.15) is 5.26 Å². The second-order valence-electron chi connectivity index (χ2n) is 6.70. The fraction of sp³-hybridized carbons (Fsp3) is 0.933. The molecule has 2 rings (SSSR count). The van der Waals surface area contributed by atoms with E-state index in [2.05, 4.69) is 31.7 Å². The first-order chi connectivity index (χ1) is 8.42. The topological polar surface area (TPSA) is 47.3 Å². The smallest absolute Gasteiger partial charge is 0.0863 e. The van der Waals surface area contributed by atoms with E-state index >= 15 is 0 Å². The van der Waals surface area contributed by atoms with Crippen molar-refractivity contribution in [1.82, 2.24) is 4.90 Å². The van der Waals surface area contributed by atoms with Crippen LogP contribution in [0.4, 0.5) is 0 Å². The molecular formula is C15H26N2O. The van der Waals surface area contributed by atoms with Crippen LogP contribution in [0.1, 0.15) is 52.9 Å². The predicted molar refractivity (Wildman–Crippen MR) is 72.0 cm³/mol. The minimum Gasteiger partial charge on any atom is -0.388 e. The highest BCUT2D eigenvalue weighted by Gasteiger charge is 2.54. The van der Waals surface area contributed by atoms with E-state index in [4.69, 9.17) is 0 Å². The van der Waals surface area contributed by atoms with Gasteiger partial charge in [0.25, 0.3) is 0 Å². The molecule has 0 aromatic carbocycles. The lowest BCUT2D eigenvalue weighted by Gasteiger charge is -2.47. The molecule has 3 nitrogen and oxygen atoms in total. The van der Waals surface area contributed by atoms with Crippen molar-refractivity contribution in [1.29, 1.82) is 5.26 Å². The molecule has 1 N–H and O–H groups in total. The number of hydrogen-bond donors (Lipinski definition) is 1. The molecule has 2 aliphatic rings. The molecule has 1 aliphatic heterocycles. The summed E-state index contributed by atoms with van der Waals surface area (Å²) in [6, 6.07) is 3.03. The second-order valence-corrected chi connectivity index (χ2v) is 6.70. The number of rotatable bonds is 2. The molecule has 3 heteroatoms. The highest BCUT2D eigenvalue weighted by atomic mass is 16.3. The minimum atomic E-state index is -0.752. The van der Waals surface area contributed by atoms with Gasteiger partial charge in [0.05, 0.1) is 17.1 Å². The Kier molecular flexibility index (Phi) is 3.71. The Bertz CT molecular complexity index is 339. The summed E-state index contributed by atoms with van der Waals surface area (Å²) in [4.78, 5) is 2.40.